The van der Waals surface area contributed by atoms with Gasteiger partial charge in [-0.25, -0.2) is 4.39 Å². The van der Waals surface area contributed by atoms with Gasteiger partial charge in [-0.2, -0.15) is 0 Å². The normalized spacial score (nSPS) is 14.4. The molecule has 10 heteroatoms. The molecule has 1 heterocycles. The van der Waals surface area contributed by atoms with Crippen molar-refractivity contribution in [3.05, 3.63) is 98.1 Å². The van der Waals surface area contributed by atoms with Crippen LogP contribution in [-0.4, -0.2) is 28.6 Å². The Balaban J connectivity index is 1.39. The molecule has 1 N–H and O–H groups in total. The van der Waals surface area contributed by atoms with Crippen molar-refractivity contribution < 1.29 is 23.5 Å². The summed E-state index contributed by atoms with van der Waals surface area (Å²) in [6.07, 6.45) is 1.54. The van der Waals surface area contributed by atoms with Gasteiger partial charge in [-0.15, -0.1) is 0 Å². The van der Waals surface area contributed by atoms with Crippen LogP contribution in [0.2, 0.25) is 10.0 Å². The lowest BCUT2D eigenvalue weighted by Crippen LogP contribution is -2.27. The number of amides is 3. The maximum absolute atomic E-state index is 13.3. The average Bonchev–Trinajstić information content (AvgIpc) is 3.07. The highest BCUT2D eigenvalue weighted by molar-refractivity contribution is 8.18. The third-order valence-corrected chi connectivity index (χ3v) is 6.69. The summed E-state index contributed by atoms with van der Waals surface area (Å²) in [5, 5.41) is 2.66. The Labute approximate surface area is 221 Å². The highest BCUT2D eigenvalue weighted by atomic mass is 35.5. The lowest BCUT2D eigenvalue weighted by atomic mass is 10.2. The van der Waals surface area contributed by atoms with Crippen molar-refractivity contribution in [3.63, 3.8) is 0 Å². The Hall–Kier alpha value is -3.33. The van der Waals surface area contributed by atoms with Crippen LogP contribution in [0.4, 0.5) is 14.9 Å². The molecule has 36 heavy (non-hydrogen) atoms. The number of hydrogen-bond donors (Lipinski definition) is 1. The molecule has 1 aliphatic heterocycles. The molecule has 6 nitrogen and oxygen atoms in total. The largest absolute Gasteiger partial charge is 0.482 e. The molecule has 0 aliphatic carbocycles. The highest BCUT2D eigenvalue weighted by Gasteiger charge is 2.35. The van der Waals surface area contributed by atoms with Gasteiger partial charge in [-0.05, 0) is 77.9 Å². The van der Waals surface area contributed by atoms with Crippen LogP contribution < -0.4 is 10.1 Å². The molecular weight excluding hydrogens is 526 g/mol. The Morgan fingerprint density at radius 2 is 1.89 bits per heavy atom. The standard InChI is InChI=1S/C26H19Cl2FN2O4S/c1-15-3-2-4-19(9-15)30-24(32)14-35-22-8-5-16(10-21(22)28)11-23-25(33)31(26(34)36-23)13-17-6-7-18(29)12-20(17)27/h2-12H,13-14H2,1H3,(H,30,32)/b23-11-. The summed E-state index contributed by atoms with van der Waals surface area (Å²) in [7, 11) is 0. The number of benzene rings is 3. The van der Waals surface area contributed by atoms with Crippen molar-refractivity contribution >= 4 is 63.8 Å². The molecule has 0 spiro atoms. The van der Waals surface area contributed by atoms with Crippen LogP contribution >= 0.6 is 35.0 Å². The first-order chi connectivity index (χ1) is 17.2. The zero-order valence-electron chi connectivity index (χ0n) is 18.9. The summed E-state index contributed by atoms with van der Waals surface area (Å²) in [6, 6.07) is 16.0. The number of aryl methyl sites for hydroxylation is 1. The minimum Gasteiger partial charge on any atom is -0.482 e. The number of halogens is 3. The highest BCUT2D eigenvalue weighted by Crippen LogP contribution is 2.35. The zero-order valence-corrected chi connectivity index (χ0v) is 21.2. The number of nitrogens with zero attached hydrogens (tertiary/aromatic N) is 1. The zero-order chi connectivity index (χ0) is 25.8. The average molecular weight is 545 g/mol. The fraction of sp³-hybridized carbons (Fsp3) is 0.115. The van der Waals surface area contributed by atoms with E-state index in [2.05, 4.69) is 5.32 Å². The predicted molar refractivity (Wildman–Crippen MR) is 140 cm³/mol. The van der Waals surface area contributed by atoms with Crippen molar-refractivity contribution in [3.8, 4) is 5.75 Å². The molecule has 184 valence electrons. The van der Waals surface area contributed by atoms with Gasteiger partial charge in [0.05, 0.1) is 16.5 Å². The summed E-state index contributed by atoms with van der Waals surface area (Å²) in [5.41, 5.74) is 2.71. The molecule has 1 saturated heterocycles. The van der Waals surface area contributed by atoms with E-state index in [0.717, 1.165) is 28.3 Å². The Morgan fingerprint density at radius 3 is 2.61 bits per heavy atom. The van der Waals surface area contributed by atoms with Crippen LogP contribution in [0, 0.1) is 12.7 Å². The van der Waals surface area contributed by atoms with Gasteiger partial charge in [0.1, 0.15) is 11.6 Å². The van der Waals surface area contributed by atoms with Crippen LogP contribution in [0.15, 0.2) is 65.6 Å². The van der Waals surface area contributed by atoms with Gasteiger partial charge in [0.25, 0.3) is 17.1 Å². The third kappa shape index (κ3) is 6.26. The van der Waals surface area contributed by atoms with Crippen LogP contribution in [0.5, 0.6) is 5.75 Å². The number of nitrogens with one attached hydrogen (secondary N) is 1. The molecule has 1 fully saturated rings. The summed E-state index contributed by atoms with van der Waals surface area (Å²) < 4.78 is 18.8. The van der Waals surface area contributed by atoms with Crippen LogP contribution in [0.25, 0.3) is 6.08 Å². The van der Waals surface area contributed by atoms with Crippen molar-refractivity contribution in [2.45, 2.75) is 13.5 Å². The first kappa shape index (κ1) is 25.8. The van der Waals surface area contributed by atoms with E-state index in [9.17, 15) is 18.8 Å². The van der Waals surface area contributed by atoms with E-state index >= 15 is 0 Å². The topological polar surface area (TPSA) is 75.7 Å². The van der Waals surface area contributed by atoms with Gasteiger partial charge < -0.3 is 10.1 Å². The number of rotatable bonds is 7. The summed E-state index contributed by atoms with van der Waals surface area (Å²) in [5.74, 6) is -1.04. The number of carbonyl (C=O) groups excluding carboxylic acids is 3. The van der Waals surface area contributed by atoms with E-state index in [-0.39, 0.29) is 34.0 Å². The van der Waals surface area contributed by atoms with Crippen LogP contribution in [0.3, 0.4) is 0 Å². The SMILES string of the molecule is Cc1cccc(NC(=O)COc2ccc(/C=C3\SC(=O)N(Cc4ccc(F)cc4Cl)C3=O)cc2Cl)c1. The number of imide groups is 1. The van der Waals surface area contributed by atoms with Gasteiger partial charge in [0.15, 0.2) is 6.61 Å². The van der Waals surface area contributed by atoms with E-state index in [0.29, 0.717) is 22.6 Å². The fourth-order valence-corrected chi connectivity index (χ4v) is 4.70. The van der Waals surface area contributed by atoms with E-state index < -0.39 is 17.0 Å². The van der Waals surface area contributed by atoms with E-state index in [4.69, 9.17) is 27.9 Å². The molecule has 0 radical (unpaired) electrons. The van der Waals surface area contributed by atoms with Gasteiger partial charge in [-0.1, -0.05) is 47.5 Å². The van der Waals surface area contributed by atoms with Gasteiger partial charge >= 0.3 is 0 Å². The molecule has 1 aliphatic rings. The van der Waals surface area contributed by atoms with Crippen LogP contribution in [-0.2, 0) is 16.1 Å². The van der Waals surface area contributed by atoms with Crippen molar-refractivity contribution in [1.82, 2.24) is 4.90 Å². The Kier molecular flexibility index (Phi) is 7.98. The number of hydrogen-bond acceptors (Lipinski definition) is 5. The number of carbonyl (C=O) groups is 3. The number of ether oxygens (including phenoxy) is 1. The van der Waals surface area contributed by atoms with Gasteiger partial charge in [0.2, 0.25) is 0 Å². The van der Waals surface area contributed by atoms with E-state index in [1.54, 1.807) is 24.3 Å². The minimum absolute atomic E-state index is 0.0702. The lowest BCUT2D eigenvalue weighted by molar-refractivity contribution is -0.123. The maximum atomic E-state index is 13.3. The van der Waals surface area contributed by atoms with Crippen molar-refractivity contribution in [2.75, 3.05) is 11.9 Å². The van der Waals surface area contributed by atoms with Crippen LogP contribution in [0.1, 0.15) is 16.7 Å². The smallest absolute Gasteiger partial charge is 0.293 e. The minimum atomic E-state index is -0.506. The molecule has 3 aromatic carbocycles. The molecule has 3 amide bonds. The van der Waals surface area contributed by atoms with E-state index in [1.807, 2.05) is 25.1 Å². The molecular formula is C26H19Cl2FN2O4S. The summed E-state index contributed by atoms with van der Waals surface area (Å²) >= 11 is 13.1. The first-order valence-electron chi connectivity index (χ1n) is 10.7. The molecule has 4 rings (SSSR count). The molecule has 3 aromatic rings. The predicted octanol–water partition coefficient (Wildman–Crippen LogP) is 6.69. The third-order valence-electron chi connectivity index (χ3n) is 5.13. The molecule has 0 saturated carbocycles. The molecule has 0 unspecified atom stereocenters. The Bertz CT molecular complexity index is 1400. The molecule has 0 bridgehead atoms. The number of thioether (sulfide) groups is 1. The second-order valence-corrected chi connectivity index (χ2v) is 9.71. The number of anilines is 1. The lowest BCUT2D eigenvalue weighted by Gasteiger charge is -2.13. The van der Waals surface area contributed by atoms with Crippen molar-refractivity contribution in [2.24, 2.45) is 0 Å². The summed E-state index contributed by atoms with van der Waals surface area (Å²) in [6.45, 7) is 1.62. The quantitative estimate of drug-likeness (QED) is 0.335. The monoisotopic (exact) mass is 544 g/mol. The second kappa shape index (κ2) is 11.2. The maximum Gasteiger partial charge on any atom is 0.293 e. The molecule has 0 atom stereocenters. The van der Waals surface area contributed by atoms with Gasteiger partial charge in [-0.3, -0.25) is 19.3 Å². The summed E-state index contributed by atoms with van der Waals surface area (Å²) in [4.78, 5) is 38.6. The second-order valence-electron chi connectivity index (χ2n) is 7.90. The fourth-order valence-electron chi connectivity index (χ4n) is 3.40. The Morgan fingerprint density at radius 1 is 1.08 bits per heavy atom. The first-order valence-corrected chi connectivity index (χ1v) is 12.2. The molecule has 0 aromatic heterocycles. The van der Waals surface area contributed by atoms with Crippen molar-refractivity contribution in [1.29, 1.82) is 0 Å². The van der Waals surface area contributed by atoms with Gasteiger partial charge in [0, 0.05) is 10.7 Å². The van der Waals surface area contributed by atoms with E-state index in [1.165, 1.54) is 18.2 Å².